The van der Waals surface area contributed by atoms with E-state index in [1.54, 1.807) is 50.2 Å². The van der Waals surface area contributed by atoms with E-state index in [1.807, 2.05) is 12.1 Å². The first kappa shape index (κ1) is 21.4. The molecule has 2 aromatic rings. The Balaban J connectivity index is 1.57. The minimum absolute atomic E-state index is 0.0205. The Morgan fingerprint density at radius 1 is 0.966 bits per heavy atom. The lowest BCUT2D eigenvalue weighted by Gasteiger charge is -2.25. The first-order chi connectivity index (χ1) is 13.8. The van der Waals surface area contributed by atoms with Gasteiger partial charge in [-0.15, -0.1) is 0 Å². The van der Waals surface area contributed by atoms with Crippen molar-refractivity contribution in [2.24, 2.45) is 0 Å². The molecule has 0 heterocycles. The van der Waals surface area contributed by atoms with Crippen molar-refractivity contribution < 1.29 is 19.1 Å². The van der Waals surface area contributed by atoms with Crippen LogP contribution in [-0.2, 0) is 9.53 Å². The van der Waals surface area contributed by atoms with E-state index < -0.39 is 5.60 Å². The summed E-state index contributed by atoms with van der Waals surface area (Å²) in [7, 11) is 0. The highest BCUT2D eigenvalue weighted by Crippen LogP contribution is 2.24. The van der Waals surface area contributed by atoms with Crippen molar-refractivity contribution in [2.75, 3.05) is 5.32 Å². The van der Waals surface area contributed by atoms with Gasteiger partial charge in [0.15, 0.2) is 5.60 Å². The van der Waals surface area contributed by atoms with E-state index in [9.17, 15) is 9.59 Å². The minimum atomic E-state index is -1.06. The second-order valence-electron chi connectivity index (χ2n) is 7.76. The second kappa shape index (κ2) is 9.44. The van der Waals surface area contributed by atoms with Crippen LogP contribution in [0.1, 0.15) is 56.3 Å². The molecule has 154 valence electrons. The summed E-state index contributed by atoms with van der Waals surface area (Å²) in [6, 6.07) is 14.0. The lowest BCUT2D eigenvalue weighted by atomic mass is 9.98. The molecule has 1 aliphatic carbocycles. The van der Waals surface area contributed by atoms with Crippen LogP contribution in [0.5, 0.6) is 5.75 Å². The molecule has 0 atom stereocenters. The van der Waals surface area contributed by atoms with Crippen LogP contribution >= 0.6 is 15.9 Å². The van der Waals surface area contributed by atoms with E-state index in [-0.39, 0.29) is 18.0 Å². The second-order valence-corrected chi connectivity index (χ2v) is 8.68. The van der Waals surface area contributed by atoms with Gasteiger partial charge < -0.3 is 14.8 Å². The van der Waals surface area contributed by atoms with Crippen molar-refractivity contribution in [2.45, 2.75) is 57.7 Å². The Morgan fingerprint density at radius 2 is 1.59 bits per heavy atom. The fourth-order valence-corrected chi connectivity index (χ4v) is 3.48. The van der Waals surface area contributed by atoms with Gasteiger partial charge in [-0.25, -0.2) is 4.79 Å². The van der Waals surface area contributed by atoms with Crippen molar-refractivity contribution >= 4 is 33.5 Å². The van der Waals surface area contributed by atoms with Gasteiger partial charge in [0, 0.05) is 10.2 Å². The molecule has 0 aliphatic heterocycles. The van der Waals surface area contributed by atoms with Gasteiger partial charge in [-0.05, 0) is 88.1 Å². The van der Waals surface area contributed by atoms with E-state index in [0.29, 0.717) is 17.0 Å². The molecule has 1 saturated carbocycles. The smallest absolute Gasteiger partial charge is 0.338 e. The number of hydrogen-bond donors (Lipinski definition) is 1. The standard InChI is InChI=1S/C23H26BrNO4/c1-23(2,29-20-14-10-17(24)11-15-20)22(27)25-18-12-8-16(9-13-18)21(26)28-19-6-4-3-5-7-19/h8-15,19H,3-7H2,1-2H3,(H,25,27). The number of carbonyl (C=O) groups excluding carboxylic acids is 2. The molecule has 3 rings (SSSR count). The number of rotatable bonds is 6. The van der Waals surface area contributed by atoms with Gasteiger partial charge in [0.2, 0.25) is 0 Å². The molecular weight excluding hydrogens is 434 g/mol. The van der Waals surface area contributed by atoms with Crippen molar-refractivity contribution in [3.05, 3.63) is 58.6 Å². The Hall–Kier alpha value is -2.34. The van der Waals surface area contributed by atoms with Crippen molar-refractivity contribution in [1.82, 2.24) is 0 Å². The third-order valence-electron chi connectivity index (χ3n) is 4.94. The van der Waals surface area contributed by atoms with Crippen LogP contribution in [0, 0.1) is 0 Å². The fraction of sp³-hybridized carbons (Fsp3) is 0.391. The van der Waals surface area contributed by atoms with E-state index >= 15 is 0 Å². The summed E-state index contributed by atoms with van der Waals surface area (Å²) in [6.45, 7) is 3.42. The maximum atomic E-state index is 12.6. The summed E-state index contributed by atoms with van der Waals surface area (Å²) in [5.41, 5.74) is 0.0162. The summed E-state index contributed by atoms with van der Waals surface area (Å²) in [4.78, 5) is 24.9. The van der Waals surface area contributed by atoms with Gasteiger partial charge in [0.25, 0.3) is 5.91 Å². The SMILES string of the molecule is CC(C)(Oc1ccc(Br)cc1)C(=O)Nc1ccc(C(=O)OC2CCCCC2)cc1. The van der Waals surface area contributed by atoms with Gasteiger partial charge in [-0.3, -0.25) is 4.79 Å². The van der Waals surface area contributed by atoms with Crippen LogP contribution in [0.4, 0.5) is 5.69 Å². The largest absolute Gasteiger partial charge is 0.478 e. The van der Waals surface area contributed by atoms with Crippen LogP contribution < -0.4 is 10.1 Å². The molecule has 0 spiro atoms. The molecule has 1 fully saturated rings. The summed E-state index contributed by atoms with van der Waals surface area (Å²) in [5.74, 6) is 0.0146. The van der Waals surface area contributed by atoms with Gasteiger partial charge in [0.1, 0.15) is 11.9 Å². The molecule has 5 nitrogen and oxygen atoms in total. The quantitative estimate of drug-likeness (QED) is 0.559. The first-order valence-corrected chi connectivity index (χ1v) is 10.7. The average Bonchev–Trinajstić information content (AvgIpc) is 2.71. The Bertz CT molecular complexity index is 840. The highest BCUT2D eigenvalue weighted by molar-refractivity contribution is 9.10. The normalized spacial score (nSPS) is 14.9. The summed E-state index contributed by atoms with van der Waals surface area (Å²) in [6.07, 6.45) is 5.33. The average molecular weight is 460 g/mol. The number of halogens is 1. The number of benzene rings is 2. The highest BCUT2D eigenvalue weighted by atomic mass is 79.9. The van der Waals surface area contributed by atoms with Crippen molar-refractivity contribution in [3.8, 4) is 5.75 Å². The summed E-state index contributed by atoms with van der Waals surface area (Å²) in [5, 5.41) is 2.84. The number of anilines is 1. The number of esters is 1. The van der Waals surface area contributed by atoms with Crippen LogP contribution in [0.25, 0.3) is 0 Å². The van der Waals surface area contributed by atoms with E-state index in [0.717, 1.165) is 30.2 Å². The minimum Gasteiger partial charge on any atom is -0.478 e. The van der Waals surface area contributed by atoms with Crippen molar-refractivity contribution in [1.29, 1.82) is 0 Å². The topological polar surface area (TPSA) is 64.6 Å². The zero-order chi connectivity index (χ0) is 20.9. The fourth-order valence-electron chi connectivity index (χ4n) is 3.22. The first-order valence-electron chi connectivity index (χ1n) is 9.90. The number of nitrogens with one attached hydrogen (secondary N) is 1. The number of ether oxygens (including phenoxy) is 2. The number of amides is 1. The molecule has 0 saturated heterocycles. The zero-order valence-electron chi connectivity index (χ0n) is 16.7. The monoisotopic (exact) mass is 459 g/mol. The van der Waals surface area contributed by atoms with Crippen LogP contribution in [-0.4, -0.2) is 23.6 Å². The molecule has 0 unspecified atom stereocenters. The molecule has 1 amide bonds. The van der Waals surface area contributed by atoms with E-state index in [2.05, 4.69) is 21.2 Å². The Morgan fingerprint density at radius 3 is 2.21 bits per heavy atom. The Kier molecular flexibility index (Phi) is 6.96. The van der Waals surface area contributed by atoms with Crippen molar-refractivity contribution in [3.63, 3.8) is 0 Å². The lowest BCUT2D eigenvalue weighted by Crippen LogP contribution is -2.42. The zero-order valence-corrected chi connectivity index (χ0v) is 18.3. The van der Waals surface area contributed by atoms with Gasteiger partial charge in [-0.1, -0.05) is 22.4 Å². The molecular formula is C23H26BrNO4. The van der Waals surface area contributed by atoms with Gasteiger partial charge in [0.05, 0.1) is 5.56 Å². The predicted molar refractivity (Wildman–Crippen MR) is 116 cm³/mol. The molecule has 2 aromatic carbocycles. The molecule has 1 N–H and O–H groups in total. The summed E-state index contributed by atoms with van der Waals surface area (Å²) < 4.78 is 12.3. The molecule has 0 aromatic heterocycles. The third kappa shape index (κ3) is 6.07. The van der Waals surface area contributed by atoms with Gasteiger partial charge >= 0.3 is 5.97 Å². The third-order valence-corrected chi connectivity index (χ3v) is 5.47. The number of hydrogen-bond acceptors (Lipinski definition) is 4. The molecule has 6 heteroatoms. The summed E-state index contributed by atoms with van der Waals surface area (Å²) >= 11 is 3.37. The maximum Gasteiger partial charge on any atom is 0.338 e. The van der Waals surface area contributed by atoms with Crippen LogP contribution in [0.3, 0.4) is 0 Å². The maximum absolute atomic E-state index is 12.6. The predicted octanol–water partition coefficient (Wildman–Crippen LogP) is 5.73. The van der Waals surface area contributed by atoms with Gasteiger partial charge in [-0.2, -0.15) is 0 Å². The lowest BCUT2D eigenvalue weighted by molar-refractivity contribution is -0.128. The molecule has 29 heavy (non-hydrogen) atoms. The highest BCUT2D eigenvalue weighted by Gasteiger charge is 2.30. The Labute approximate surface area is 179 Å². The van der Waals surface area contributed by atoms with E-state index in [4.69, 9.17) is 9.47 Å². The molecule has 0 bridgehead atoms. The van der Waals surface area contributed by atoms with Crippen LogP contribution in [0.2, 0.25) is 0 Å². The molecule has 0 radical (unpaired) electrons. The van der Waals surface area contributed by atoms with Crippen LogP contribution in [0.15, 0.2) is 53.0 Å². The van der Waals surface area contributed by atoms with E-state index in [1.165, 1.54) is 6.42 Å². The molecule has 1 aliphatic rings. The number of carbonyl (C=O) groups is 2.